The number of phosphoric ester groups is 1. The molecule has 282 valence electrons. The molecule has 0 rings (SSSR count). The Morgan fingerprint density at radius 3 is 1.40 bits per heavy atom. The Bertz CT molecular complexity index is 731. The summed E-state index contributed by atoms with van der Waals surface area (Å²) in [4.78, 5) is 24.9. The van der Waals surface area contributed by atoms with Crippen molar-refractivity contribution in [1.29, 1.82) is 0 Å². The maximum Gasteiger partial charge on any atom is 0.306 e. The van der Waals surface area contributed by atoms with Gasteiger partial charge in [0, 0.05) is 13.0 Å². The minimum atomic E-state index is -4.51. The summed E-state index contributed by atoms with van der Waals surface area (Å²) in [7, 11) is 1.37. The van der Waals surface area contributed by atoms with Crippen molar-refractivity contribution < 1.29 is 37.3 Å². The molecule has 0 heterocycles. The molecule has 2 atom stereocenters. The lowest BCUT2D eigenvalue weighted by Gasteiger charge is -2.28. The van der Waals surface area contributed by atoms with Gasteiger partial charge in [0.25, 0.3) is 7.82 Å². The quantitative estimate of drug-likeness (QED) is 0.0277. The summed E-state index contributed by atoms with van der Waals surface area (Å²) in [5.41, 5.74) is 0. The molecule has 47 heavy (non-hydrogen) atoms. The van der Waals surface area contributed by atoms with E-state index < -0.39 is 13.9 Å². The molecular formula is C38H78NO7P. The van der Waals surface area contributed by atoms with Crippen molar-refractivity contribution >= 4 is 13.8 Å². The summed E-state index contributed by atoms with van der Waals surface area (Å²) in [5, 5.41) is 0. The van der Waals surface area contributed by atoms with Crippen molar-refractivity contribution in [2.24, 2.45) is 0 Å². The van der Waals surface area contributed by atoms with Crippen molar-refractivity contribution in [2.45, 2.75) is 187 Å². The van der Waals surface area contributed by atoms with Crippen LogP contribution in [0.4, 0.5) is 0 Å². The Morgan fingerprint density at radius 1 is 0.574 bits per heavy atom. The van der Waals surface area contributed by atoms with Gasteiger partial charge < -0.3 is 27.9 Å². The van der Waals surface area contributed by atoms with Crippen molar-refractivity contribution in [2.75, 3.05) is 54.1 Å². The second-order valence-electron chi connectivity index (χ2n) is 14.7. The number of hydrogen-bond acceptors (Lipinski definition) is 7. The number of nitrogens with zero attached hydrogens (tertiary/aromatic N) is 1. The monoisotopic (exact) mass is 692 g/mol. The number of carbonyl (C=O) groups is 1. The second-order valence-corrected chi connectivity index (χ2v) is 16.1. The molecular weight excluding hydrogens is 613 g/mol. The van der Waals surface area contributed by atoms with E-state index in [1.54, 1.807) is 0 Å². The highest BCUT2D eigenvalue weighted by Gasteiger charge is 2.20. The first-order chi connectivity index (χ1) is 22.6. The Hall–Kier alpha value is -0.500. The molecule has 0 amide bonds. The lowest BCUT2D eigenvalue weighted by Crippen LogP contribution is -2.37. The summed E-state index contributed by atoms with van der Waals surface area (Å²) < 4.78 is 34.4. The molecule has 9 heteroatoms. The number of likely N-dealkylation sites (N-methyl/N-ethyl adjacent to an activating group) is 1. The number of ether oxygens (including phenoxy) is 2. The minimum absolute atomic E-state index is 0.0308. The zero-order valence-corrected chi connectivity index (χ0v) is 32.6. The Kier molecular flexibility index (Phi) is 32.3. The van der Waals surface area contributed by atoms with E-state index in [0.717, 1.165) is 32.1 Å². The third-order valence-corrected chi connectivity index (χ3v) is 9.62. The van der Waals surface area contributed by atoms with E-state index in [4.69, 9.17) is 18.5 Å². The first kappa shape index (κ1) is 46.5. The Balaban J connectivity index is 4.20. The van der Waals surface area contributed by atoms with Gasteiger partial charge in [0.05, 0.1) is 34.4 Å². The number of quaternary nitrogens is 1. The van der Waals surface area contributed by atoms with E-state index >= 15 is 0 Å². The fraction of sp³-hybridized carbons (Fsp3) is 0.974. The van der Waals surface area contributed by atoms with Crippen LogP contribution < -0.4 is 4.89 Å². The molecule has 0 saturated heterocycles. The molecule has 0 aromatic carbocycles. The van der Waals surface area contributed by atoms with Crippen molar-refractivity contribution in [3.63, 3.8) is 0 Å². The van der Waals surface area contributed by atoms with E-state index in [0.29, 0.717) is 24.1 Å². The van der Waals surface area contributed by atoms with Gasteiger partial charge in [0.2, 0.25) is 0 Å². The fourth-order valence-corrected chi connectivity index (χ4v) is 6.27. The Morgan fingerprint density at radius 2 is 0.979 bits per heavy atom. The van der Waals surface area contributed by atoms with Crippen molar-refractivity contribution in [3.05, 3.63) is 0 Å². The highest BCUT2D eigenvalue weighted by molar-refractivity contribution is 7.45. The second kappa shape index (κ2) is 32.7. The number of carbonyl (C=O) groups excluding carboxylic acids is 1. The number of unbranched alkanes of at least 4 members (excludes halogenated alkanes) is 23. The number of hydrogen-bond donors (Lipinski definition) is 0. The third kappa shape index (κ3) is 36.6. The Labute approximate surface area is 291 Å². The van der Waals surface area contributed by atoms with Gasteiger partial charge in [-0.05, 0) is 12.8 Å². The van der Waals surface area contributed by atoms with Gasteiger partial charge in [-0.1, -0.05) is 162 Å². The normalized spacial score (nSPS) is 13.9. The van der Waals surface area contributed by atoms with E-state index in [1.807, 2.05) is 21.1 Å². The molecule has 8 nitrogen and oxygen atoms in total. The first-order valence-electron chi connectivity index (χ1n) is 19.8. The van der Waals surface area contributed by atoms with Crippen LogP contribution in [0.15, 0.2) is 0 Å². The van der Waals surface area contributed by atoms with Crippen LogP contribution in [0.2, 0.25) is 0 Å². The van der Waals surface area contributed by atoms with Gasteiger partial charge in [-0.2, -0.15) is 0 Å². The van der Waals surface area contributed by atoms with Crippen LogP contribution in [0.5, 0.6) is 0 Å². The predicted molar refractivity (Wildman–Crippen MR) is 194 cm³/mol. The first-order valence-corrected chi connectivity index (χ1v) is 21.2. The molecule has 0 aliphatic heterocycles. The van der Waals surface area contributed by atoms with Gasteiger partial charge in [0.15, 0.2) is 0 Å². The maximum atomic E-state index is 12.6. The molecule has 0 aromatic heterocycles. The smallest absolute Gasteiger partial charge is 0.306 e. The summed E-state index contributed by atoms with van der Waals surface area (Å²) >= 11 is 0. The van der Waals surface area contributed by atoms with Crippen molar-refractivity contribution in [3.8, 4) is 0 Å². The van der Waals surface area contributed by atoms with Crippen LogP contribution >= 0.6 is 7.82 Å². The van der Waals surface area contributed by atoms with Crippen LogP contribution in [0.1, 0.15) is 181 Å². The fourth-order valence-electron chi connectivity index (χ4n) is 5.55. The summed E-state index contributed by atoms with van der Waals surface area (Å²) in [6.07, 6.45) is 31.0. The van der Waals surface area contributed by atoms with Crippen molar-refractivity contribution in [1.82, 2.24) is 0 Å². The topological polar surface area (TPSA) is 94.1 Å². The maximum absolute atomic E-state index is 12.6. The van der Waals surface area contributed by atoms with Gasteiger partial charge >= 0.3 is 5.97 Å². The van der Waals surface area contributed by atoms with Crippen LogP contribution in [0.25, 0.3) is 0 Å². The average molecular weight is 692 g/mol. The third-order valence-electron chi connectivity index (χ3n) is 8.66. The van der Waals surface area contributed by atoms with Gasteiger partial charge in [0.1, 0.15) is 19.3 Å². The number of phosphoric acid groups is 1. The SMILES string of the molecule is CCCCCCCCCCCCCCCCCCC(=O)OC(COCCCCCCCCCCC)COP(=O)([O-])OCC[N+](C)(C)C. The zero-order valence-electron chi connectivity index (χ0n) is 31.7. The van der Waals surface area contributed by atoms with Gasteiger partial charge in [-0.15, -0.1) is 0 Å². The zero-order chi connectivity index (χ0) is 34.9. The standard InChI is InChI=1S/C38H78NO7P/c1-6-8-10-12-14-16-17-18-19-20-21-22-23-25-27-29-31-38(40)46-37(36-45-47(41,42)44-34-32-39(3,4)5)35-43-33-30-28-26-24-15-13-11-9-7-2/h37H,6-36H2,1-5H3. The highest BCUT2D eigenvalue weighted by atomic mass is 31.2. The largest absolute Gasteiger partial charge is 0.756 e. The molecule has 0 aliphatic rings. The lowest BCUT2D eigenvalue weighted by molar-refractivity contribution is -0.870. The molecule has 0 radical (unpaired) electrons. The molecule has 0 N–H and O–H groups in total. The number of rotatable bonds is 37. The molecule has 0 bridgehead atoms. The minimum Gasteiger partial charge on any atom is -0.756 e. The molecule has 0 aliphatic carbocycles. The lowest BCUT2D eigenvalue weighted by atomic mass is 10.0. The van der Waals surface area contributed by atoms with Crippen LogP contribution in [-0.2, 0) is 27.9 Å². The van der Waals surface area contributed by atoms with Gasteiger partial charge in [-0.25, -0.2) is 0 Å². The predicted octanol–water partition coefficient (Wildman–Crippen LogP) is 10.3. The van der Waals surface area contributed by atoms with Gasteiger partial charge in [-0.3, -0.25) is 9.36 Å². The average Bonchev–Trinajstić information content (AvgIpc) is 3.01. The van der Waals surface area contributed by atoms with E-state index in [-0.39, 0.29) is 25.8 Å². The molecule has 0 aromatic rings. The highest BCUT2D eigenvalue weighted by Crippen LogP contribution is 2.38. The summed E-state index contributed by atoms with van der Waals surface area (Å²) in [6, 6.07) is 0. The van der Waals surface area contributed by atoms with E-state index in [2.05, 4.69) is 13.8 Å². The van der Waals surface area contributed by atoms with E-state index in [1.165, 1.54) is 128 Å². The molecule has 0 saturated carbocycles. The molecule has 0 fully saturated rings. The van der Waals surface area contributed by atoms with Crippen LogP contribution in [0, 0.1) is 0 Å². The summed E-state index contributed by atoms with van der Waals surface area (Å²) in [6.45, 7) is 5.43. The number of esters is 1. The van der Waals surface area contributed by atoms with Crippen LogP contribution in [-0.4, -0.2) is 70.7 Å². The summed E-state index contributed by atoms with van der Waals surface area (Å²) in [5.74, 6) is -0.331. The van der Waals surface area contributed by atoms with E-state index in [9.17, 15) is 14.3 Å². The molecule has 2 unspecified atom stereocenters. The molecule has 0 spiro atoms. The van der Waals surface area contributed by atoms with Crippen LogP contribution in [0.3, 0.4) is 0 Å².